The average molecular weight is 411 g/mol. The van der Waals surface area contributed by atoms with E-state index in [2.05, 4.69) is 11.9 Å². The number of amidine groups is 1. The Labute approximate surface area is 165 Å². The number of anilines is 1. The van der Waals surface area contributed by atoms with E-state index in [4.69, 9.17) is 4.74 Å². The maximum absolute atomic E-state index is 12.1. The van der Waals surface area contributed by atoms with Crippen LogP contribution in [0.3, 0.4) is 0 Å². The second-order valence-corrected chi connectivity index (χ2v) is 10.3. The Hall–Kier alpha value is -1.54. The highest BCUT2D eigenvalue weighted by Crippen LogP contribution is 2.41. The van der Waals surface area contributed by atoms with Gasteiger partial charge >= 0.3 is 0 Å². The van der Waals surface area contributed by atoms with Gasteiger partial charge in [-0.1, -0.05) is 38.1 Å². The molecule has 1 amide bonds. The lowest BCUT2D eigenvalue weighted by molar-refractivity contribution is -0.117. The number of carbonyl (C=O) groups is 1. The van der Waals surface area contributed by atoms with E-state index in [1.54, 1.807) is 0 Å². The number of amides is 1. The lowest BCUT2D eigenvalue weighted by atomic mass is 10.2. The Bertz CT molecular complexity index is 823. The maximum atomic E-state index is 12.1. The zero-order valence-electron chi connectivity index (χ0n) is 15.8. The van der Waals surface area contributed by atoms with E-state index in [9.17, 15) is 13.2 Å². The summed E-state index contributed by atoms with van der Waals surface area (Å²) < 4.78 is 30.0. The molecule has 0 unspecified atom stereocenters. The van der Waals surface area contributed by atoms with E-state index in [1.165, 1.54) is 11.8 Å². The number of benzene rings is 1. The second kappa shape index (κ2) is 8.65. The lowest BCUT2D eigenvalue weighted by Gasteiger charge is -2.25. The van der Waals surface area contributed by atoms with Crippen LogP contribution in [0.15, 0.2) is 29.3 Å². The molecular weight excluding hydrogens is 384 g/mol. The minimum absolute atomic E-state index is 0.0899. The number of sulfone groups is 1. The molecule has 2 atom stereocenters. The van der Waals surface area contributed by atoms with Crippen LogP contribution in [0, 0.1) is 0 Å². The van der Waals surface area contributed by atoms with Crippen LogP contribution in [0.2, 0.25) is 0 Å². The highest BCUT2D eigenvalue weighted by Gasteiger charge is 2.49. The minimum atomic E-state index is -3.07. The average Bonchev–Trinajstić information content (AvgIpc) is 3.06. The zero-order chi connectivity index (χ0) is 19.4. The Kier molecular flexibility index (Phi) is 6.47. The van der Waals surface area contributed by atoms with Crippen LogP contribution in [0.25, 0.3) is 0 Å². The van der Waals surface area contributed by atoms with Crippen molar-refractivity contribution in [3.63, 3.8) is 0 Å². The summed E-state index contributed by atoms with van der Waals surface area (Å²) in [4.78, 5) is 18.3. The summed E-state index contributed by atoms with van der Waals surface area (Å²) >= 11 is 1.40. The number of unbranched alkanes of at least 4 members (excludes halogenated alkanes) is 1. The molecule has 0 radical (unpaired) electrons. The summed E-state index contributed by atoms with van der Waals surface area (Å²) in [5, 5.41) is 0.511. The maximum Gasteiger partial charge on any atom is 0.248 e. The van der Waals surface area contributed by atoms with Gasteiger partial charge in [0, 0.05) is 23.4 Å². The van der Waals surface area contributed by atoms with Crippen LogP contribution in [0.4, 0.5) is 5.69 Å². The van der Waals surface area contributed by atoms with Crippen LogP contribution in [-0.2, 0) is 14.6 Å². The second-order valence-electron chi connectivity index (χ2n) is 6.91. The number of hydrogen-bond donors (Lipinski definition) is 0. The molecule has 0 aliphatic carbocycles. The van der Waals surface area contributed by atoms with Crippen LogP contribution in [-0.4, -0.2) is 48.9 Å². The quantitative estimate of drug-likeness (QED) is 0.642. The Morgan fingerprint density at radius 2 is 2.11 bits per heavy atom. The first-order valence-corrected chi connectivity index (χ1v) is 12.1. The molecule has 2 aliphatic heterocycles. The van der Waals surface area contributed by atoms with Crippen LogP contribution >= 0.6 is 11.8 Å². The first kappa shape index (κ1) is 20.2. The van der Waals surface area contributed by atoms with E-state index in [0.717, 1.165) is 30.7 Å². The largest absolute Gasteiger partial charge is 0.494 e. The predicted molar refractivity (Wildman–Crippen MR) is 110 cm³/mol. The van der Waals surface area contributed by atoms with Crippen molar-refractivity contribution in [1.29, 1.82) is 0 Å². The highest BCUT2D eigenvalue weighted by atomic mass is 32.2. The van der Waals surface area contributed by atoms with E-state index in [0.29, 0.717) is 18.2 Å². The molecular formula is C19H26N2O4S2. The number of carbonyl (C=O) groups excluding carboxylic acids is 1. The topological polar surface area (TPSA) is 76.0 Å². The third kappa shape index (κ3) is 4.85. The Balaban J connectivity index is 1.90. The normalized spacial score (nSPS) is 25.0. The Morgan fingerprint density at radius 3 is 2.85 bits per heavy atom. The standard InChI is InChI=1S/C19H26N2O4S2/c1-3-5-10-25-15-9-6-8-14(11-15)21-16-12-27(23,24)13-17(16)26-19(21)20-18(22)7-4-2/h6,8-9,11,16-17H,3-5,7,10,12-13H2,1-2H3/t16-,17+/m0/s1. The van der Waals surface area contributed by atoms with E-state index in [-0.39, 0.29) is 28.7 Å². The molecule has 0 saturated carbocycles. The molecule has 2 fully saturated rings. The number of ether oxygens (including phenoxy) is 1. The van der Waals surface area contributed by atoms with Gasteiger partial charge in [0.15, 0.2) is 15.0 Å². The fourth-order valence-corrected chi connectivity index (χ4v) is 7.23. The molecule has 1 aromatic carbocycles. The van der Waals surface area contributed by atoms with Gasteiger partial charge in [0.2, 0.25) is 5.91 Å². The van der Waals surface area contributed by atoms with Gasteiger partial charge in [-0.05, 0) is 25.0 Å². The fourth-order valence-electron chi connectivity index (χ4n) is 3.30. The van der Waals surface area contributed by atoms with Crippen molar-refractivity contribution in [3.05, 3.63) is 24.3 Å². The van der Waals surface area contributed by atoms with Crippen molar-refractivity contribution in [2.24, 2.45) is 4.99 Å². The number of nitrogens with zero attached hydrogens (tertiary/aromatic N) is 2. The van der Waals surface area contributed by atoms with Crippen LogP contribution < -0.4 is 9.64 Å². The molecule has 2 heterocycles. The SMILES string of the molecule is CCCCOc1cccc(N2C(=NC(=O)CCC)S[C@@H]3CS(=O)(=O)C[C@@H]32)c1. The van der Waals surface area contributed by atoms with Crippen LogP contribution in [0.1, 0.15) is 39.5 Å². The number of fused-ring (bicyclic) bond motifs is 1. The number of aliphatic imine (C=N–C) groups is 1. The van der Waals surface area contributed by atoms with Crippen molar-refractivity contribution < 1.29 is 17.9 Å². The molecule has 2 saturated heterocycles. The fraction of sp³-hybridized carbons (Fsp3) is 0.579. The molecule has 0 aromatic heterocycles. The van der Waals surface area contributed by atoms with Gasteiger partial charge < -0.3 is 9.64 Å². The van der Waals surface area contributed by atoms with Gasteiger partial charge in [-0.2, -0.15) is 4.99 Å². The molecule has 0 spiro atoms. The lowest BCUT2D eigenvalue weighted by Crippen LogP contribution is -2.37. The van der Waals surface area contributed by atoms with Crippen LogP contribution in [0.5, 0.6) is 5.75 Å². The van der Waals surface area contributed by atoms with Gasteiger partial charge in [-0.3, -0.25) is 4.79 Å². The molecule has 3 rings (SSSR count). The van der Waals surface area contributed by atoms with E-state index in [1.807, 2.05) is 36.1 Å². The molecule has 6 nitrogen and oxygen atoms in total. The summed E-state index contributed by atoms with van der Waals surface area (Å²) in [5.74, 6) is 0.802. The van der Waals surface area contributed by atoms with Crippen molar-refractivity contribution in [2.75, 3.05) is 23.0 Å². The van der Waals surface area contributed by atoms with Crippen molar-refractivity contribution in [1.82, 2.24) is 0 Å². The van der Waals surface area contributed by atoms with Crippen molar-refractivity contribution in [2.45, 2.75) is 50.8 Å². The zero-order valence-corrected chi connectivity index (χ0v) is 17.4. The third-order valence-corrected chi connectivity index (χ3v) is 7.82. The Morgan fingerprint density at radius 1 is 1.30 bits per heavy atom. The van der Waals surface area contributed by atoms with Gasteiger partial charge in [-0.15, -0.1) is 0 Å². The number of thioether (sulfide) groups is 1. The predicted octanol–water partition coefficient (Wildman–Crippen LogP) is 3.27. The molecule has 148 valence electrons. The summed E-state index contributed by atoms with van der Waals surface area (Å²) in [7, 11) is -3.07. The number of hydrogen-bond acceptors (Lipinski definition) is 5. The summed E-state index contributed by atoms with van der Waals surface area (Å²) in [5.41, 5.74) is 0.823. The van der Waals surface area contributed by atoms with Gasteiger partial charge in [0.05, 0.1) is 24.2 Å². The van der Waals surface area contributed by atoms with E-state index < -0.39 is 9.84 Å². The minimum Gasteiger partial charge on any atom is -0.494 e. The molecule has 8 heteroatoms. The molecule has 27 heavy (non-hydrogen) atoms. The van der Waals surface area contributed by atoms with Crippen molar-refractivity contribution >= 4 is 38.4 Å². The number of rotatable bonds is 7. The summed E-state index contributed by atoms with van der Waals surface area (Å²) in [6.45, 7) is 4.69. The van der Waals surface area contributed by atoms with Gasteiger partial charge in [0.25, 0.3) is 0 Å². The van der Waals surface area contributed by atoms with Gasteiger partial charge in [-0.25, -0.2) is 8.42 Å². The first-order valence-electron chi connectivity index (χ1n) is 9.44. The third-order valence-electron chi connectivity index (χ3n) is 4.61. The molecule has 2 aliphatic rings. The highest BCUT2D eigenvalue weighted by molar-refractivity contribution is 8.16. The molecule has 0 N–H and O–H groups in total. The molecule has 0 bridgehead atoms. The molecule has 1 aromatic rings. The van der Waals surface area contributed by atoms with Gasteiger partial charge in [0.1, 0.15) is 5.75 Å². The summed E-state index contributed by atoms with van der Waals surface area (Å²) in [6.07, 6.45) is 3.17. The van der Waals surface area contributed by atoms with Crippen molar-refractivity contribution in [3.8, 4) is 5.75 Å². The monoisotopic (exact) mass is 410 g/mol. The summed E-state index contributed by atoms with van der Waals surface area (Å²) in [6, 6.07) is 7.41. The smallest absolute Gasteiger partial charge is 0.248 e. The first-order chi connectivity index (χ1) is 12.9. The van der Waals surface area contributed by atoms with E-state index >= 15 is 0 Å².